The Morgan fingerprint density at radius 3 is 1.40 bits per heavy atom. The zero-order valence-corrected chi connectivity index (χ0v) is 24.9. The molecule has 11 aromatic rings. The van der Waals surface area contributed by atoms with Gasteiger partial charge in [0.05, 0.1) is 21.8 Å². The maximum Gasteiger partial charge on any atom is 0.252 e. The molecule has 0 N–H and O–H groups in total. The largest absolute Gasteiger partial charge is 0.455 e. The van der Waals surface area contributed by atoms with Gasteiger partial charge in [0.15, 0.2) is 0 Å². The summed E-state index contributed by atoms with van der Waals surface area (Å²) in [5.41, 5.74) is 15.2. The molecule has 0 radical (unpaired) electrons. The molecule has 2 aliphatic heterocycles. The molecule has 7 aromatic carbocycles. The zero-order chi connectivity index (χ0) is 30.1. The summed E-state index contributed by atoms with van der Waals surface area (Å²) in [6.07, 6.45) is 0. The van der Waals surface area contributed by atoms with Gasteiger partial charge in [-0.1, -0.05) is 78.9 Å². The van der Waals surface area contributed by atoms with Crippen molar-refractivity contribution in [1.29, 1.82) is 0 Å². The fourth-order valence-corrected chi connectivity index (χ4v) is 9.39. The standard InChI is InChI=1S/C42H21BN2O2/c1-3-16-34-22(8-1)24-18-20-30-36(41(24)46-34)26-10-5-12-28-39(26)44(30)32-14-7-15-33-38(32)43(28)29-13-6-11-27-37-31(45(33)40(27)29)21-19-25-23-9-2-4-17-35(23)47-42(25)37/h1-21H. The van der Waals surface area contributed by atoms with E-state index in [9.17, 15) is 0 Å². The molecule has 2 aliphatic rings. The molecule has 0 saturated carbocycles. The highest BCUT2D eigenvalue weighted by Crippen LogP contribution is 2.44. The van der Waals surface area contributed by atoms with Crippen molar-refractivity contribution in [3.8, 4) is 11.4 Å². The first-order valence-electron chi connectivity index (χ1n) is 16.2. The van der Waals surface area contributed by atoms with Gasteiger partial charge < -0.3 is 18.0 Å². The molecule has 0 unspecified atom stereocenters. The van der Waals surface area contributed by atoms with E-state index in [1.165, 1.54) is 71.4 Å². The molecule has 0 atom stereocenters. The van der Waals surface area contributed by atoms with Crippen molar-refractivity contribution in [2.75, 3.05) is 0 Å². The lowest BCUT2D eigenvalue weighted by atomic mass is 9.34. The van der Waals surface area contributed by atoms with Crippen LogP contribution in [0.25, 0.3) is 98.9 Å². The Morgan fingerprint density at radius 2 is 0.872 bits per heavy atom. The van der Waals surface area contributed by atoms with Gasteiger partial charge in [-0.25, -0.2) is 0 Å². The number of benzene rings is 7. The number of furan rings is 2. The van der Waals surface area contributed by atoms with E-state index in [2.05, 4.69) is 124 Å². The van der Waals surface area contributed by atoms with Crippen LogP contribution in [0.3, 0.4) is 0 Å². The number of hydrogen-bond acceptors (Lipinski definition) is 2. The maximum atomic E-state index is 6.63. The number of para-hydroxylation sites is 4. The summed E-state index contributed by atoms with van der Waals surface area (Å²) in [5.74, 6) is 0. The van der Waals surface area contributed by atoms with Gasteiger partial charge in [0.2, 0.25) is 0 Å². The van der Waals surface area contributed by atoms with E-state index in [1.807, 2.05) is 12.1 Å². The highest BCUT2D eigenvalue weighted by molar-refractivity contribution is 7.00. The van der Waals surface area contributed by atoms with Crippen molar-refractivity contribution in [2.45, 2.75) is 0 Å². The molecule has 13 rings (SSSR count). The van der Waals surface area contributed by atoms with Crippen molar-refractivity contribution in [2.24, 2.45) is 0 Å². The van der Waals surface area contributed by atoms with Gasteiger partial charge in [-0.05, 0) is 64.9 Å². The second kappa shape index (κ2) is 7.60. The van der Waals surface area contributed by atoms with Crippen LogP contribution in [-0.2, 0) is 0 Å². The van der Waals surface area contributed by atoms with E-state index >= 15 is 0 Å². The molecule has 0 amide bonds. The molecule has 47 heavy (non-hydrogen) atoms. The average molecular weight is 596 g/mol. The summed E-state index contributed by atoms with van der Waals surface area (Å²) < 4.78 is 18.3. The van der Waals surface area contributed by atoms with Crippen LogP contribution in [0.5, 0.6) is 0 Å². The first-order chi connectivity index (χ1) is 23.3. The zero-order valence-electron chi connectivity index (χ0n) is 24.9. The van der Waals surface area contributed by atoms with Gasteiger partial charge in [0, 0.05) is 54.7 Å². The third-order valence-electron chi connectivity index (χ3n) is 11.1. The Kier molecular flexibility index (Phi) is 3.75. The topological polar surface area (TPSA) is 36.1 Å². The molecule has 0 bridgehead atoms. The monoisotopic (exact) mass is 596 g/mol. The van der Waals surface area contributed by atoms with E-state index in [4.69, 9.17) is 8.83 Å². The van der Waals surface area contributed by atoms with Gasteiger partial charge >= 0.3 is 0 Å². The van der Waals surface area contributed by atoms with E-state index < -0.39 is 0 Å². The lowest BCUT2D eigenvalue weighted by Crippen LogP contribution is -2.59. The first kappa shape index (κ1) is 23.2. The van der Waals surface area contributed by atoms with Gasteiger partial charge in [-0.2, -0.15) is 0 Å². The predicted octanol–water partition coefficient (Wildman–Crippen LogP) is 8.82. The molecular weight excluding hydrogens is 575 g/mol. The predicted molar refractivity (Wildman–Crippen MR) is 194 cm³/mol. The molecule has 4 aromatic heterocycles. The SMILES string of the molecule is c1cc2c3c(c1)-n1c4ccc5c6ccccc6oc5c4c4cccc(c41)B3c1cccc3c4c5oc6ccccc6c5ccc4n-2c13. The molecule has 0 aliphatic carbocycles. The van der Waals surface area contributed by atoms with Crippen LogP contribution < -0.4 is 16.4 Å². The molecule has 0 saturated heterocycles. The van der Waals surface area contributed by atoms with Gasteiger partial charge in [-0.15, -0.1) is 0 Å². The summed E-state index contributed by atoms with van der Waals surface area (Å²) >= 11 is 0. The van der Waals surface area contributed by atoms with Crippen molar-refractivity contribution >= 4 is 111 Å². The van der Waals surface area contributed by atoms with Gasteiger partial charge in [0.1, 0.15) is 22.3 Å². The Labute approximate surface area is 266 Å². The van der Waals surface area contributed by atoms with Crippen LogP contribution in [0.15, 0.2) is 136 Å². The van der Waals surface area contributed by atoms with Gasteiger partial charge in [0.25, 0.3) is 6.71 Å². The molecule has 0 spiro atoms. The van der Waals surface area contributed by atoms with Crippen LogP contribution in [-0.4, -0.2) is 15.8 Å². The Morgan fingerprint density at radius 1 is 0.404 bits per heavy atom. The minimum absolute atomic E-state index is 0.0968. The number of nitrogens with zero attached hydrogens (tertiary/aromatic N) is 2. The highest BCUT2D eigenvalue weighted by Gasteiger charge is 2.41. The second-order valence-electron chi connectivity index (χ2n) is 13.2. The van der Waals surface area contributed by atoms with Crippen LogP contribution in [0.2, 0.25) is 0 Å². The van der Waals surface area contributed by atoms with Gasteiger partial charge in [-0.3, -0.25) is 0 Å². The maximum absolute atomic E-state index is 6.63. The third-order valence-corrected chi connectivity index (χ3v) is 11.1. The summed E-state index contributed by atoms with van der Waals surface area (Å²) in [6, 6.07) is 46.3. The molecule has 5 heteroatoms. The van der Waals surface area contributed by atoms with E-state index in [0.717, 1.165) is 43.9 Å². The molecule has 214 valence electrons. The molecular formula is C42H21BN2O2. The van der Waals surface area contributed by atoms with Crippen molar-refractivity contribution in [3.05, 3.63) is 127 Å². The summed E-state index contributed by atoms with van der Waals surface area (Å²) in [5, 5.41) is 9.48. The minimum atomic E-state index is 0.0968. The number of rotatable bonds is 0. The van der Waals surface area contributed by atoms with Crippen molar-refractivity contribution in [3.63, 3.8) is 0 Å². The first-order valence-corrected chi connectivity index (χ1v) is 16.2. The molecule has 0 fully saturated rings. The van der Waals surface area contributed by atoms with E-state index in [0.29, 0.717) is 0 Å². The lowest BCUT2D eigenvalue weighted by molar-refractivity contribution is 0.672. The normalized spacial score (nSPS) is 13.5. The van der Waals surface area contributed by atoms with E-state index in [-0.39, 0.29) is 6.71 Å². The second-order valence-corrected chi connectivity index (χ2v) is 13.2. The summed E-state index contributed by atoms with van der Waals surface area (Å²) in [6.45, 7) is 0.0968. The fraction of sp³-hybridized carbons (Fsp3) is 0. The quantitative estimate of drug-likeness (QED) is 0.164. The summed E-state index contributed by atoms with van der Waals surface area (Å²) in [7, 11) is 0. The van der Waals surface area contributed by atoms with Crippen molar-refractivity contribution in [1.82, 2.24) is 9.13 Å². The molecule has 6 heterocycles. The van der Waals surface area contributed by atoms with E-state index in [1.54, 1.807) is 0 Å². The third kappa shape index (κ3) is 2.47. The Balaban J connectivity index is 1.22. The Bertz CT molecular complexity index is 3050. The Hall–Kier alpha value is -6.20. The summed E-state index contributed by atoms with van der Waals surface area (Å²) in [4.78, 5) is 0. The van der Waals surface area contributed by atoms with Crippen LogP contribution in [0.1, 0.15) is 0 Å². The van der Waals surface area contributed by atoms with Crippen LogP contribution >= 0.6 is 0 Å². The van der Waals surface area contributed by atoms with Crippen LogP contribution in [0.4, 0.5) is 0 Å². The number of hydrogen-bond donors (Lipinski definition) is 0. The molecule has 4 nitrogen and oxygen atoms in total. The number of aromatic nitrogens is 2. The lowest BCUT2D eigenvalue weighted by Gasteiger charge is -2.33. The minimum Gasteiger partial charge on any atom is -0.455 e. The van der Waals surface area contributed by atoms with Crippen molar-refractivity contribution < 1.29 is 8.83 Å². The fourth-order valence-electron chi connectivity index (χ4n) is 9.39. The average Bonchev–Trinajstić information content (AvgIpc) is 3.86. The van der Waals surface area contributed by atoms with Crippen LogP contribution in [0, 0.1) is 0 Å². The smallest absolute Gasteiger partial charge is 0.252 e. The number of fused-ring (bicyclic) bond motifs is 18. The highest BCUT2D eigenvalue weighted by atomic mass is 16.3.